The Kier molecular flexibility index (Phi) is 42.4. The number of primary amides is 1. The summed E-state index contributed by atoms with van der Waals surface area (Å²) in [6.07, 6.45) is -13.7. The molecule has 0 unspecified atom stereocenters. The van der Waals surface area contributed by atoms with Gasteiger partial charge in [0.2, 0.25) is 65.0 Å². The SMILES string of the molecule is C#C[C@@]12CO[C@@H](O1)[C@H](NC(C)=O)[C@@H](O)[C@H]2O.CC(=O)N[C@H]1[C@H]2OC[C@](CN)(O2)[C@H](O)[C@@H]1O.CC(=O)N[C@H]1[C@H]2OC[C@](CN=[N+]=[N-])(O2)[C@H](O)[C@@H]1O.CC(=O)N[C@H]1[C@H]2OC[C@](CS)(O2)[C@H](O)[C@@H]1O.CO[C@@H]1[C@@H](NC(C)=O)[C@H]2OC[C@](C#N)(O2)[C@@H]1OC.CO[C@@H]1[C@@H](NC(C)=O)[C@H]2OC[C@](C(N)=O)(O2)[C@@H]1OC.CO[C@@H]1[C@@H](NC(C)=O)[C@H]2OC[C@](C)(O2)[C@@H]1OC.O=C=O.[C-]#[N+]C[C@@]12CO[C@@H](O1)[C@H](NC(C)=O)[C@@H](OC)[C@H]2OC. The number of rotatable bonds is 22. The molecule has 16 rings (SSSR count). The van der Waals surface area contributed by atoms with E-state index in [1.54, 1.807) is 21.3 Å². The van der Waals surface area contributed by atoms with Crippen molar-refractivity contribution < 1.29 is 207 Å². The van der Waals surface area contributed by atoms with Gasteiger partial charge in [-0.15, -0.1) is 6.42 Å². The molecule has 0 aromatic heterocycles. The van der Waals surface area contributed by atoms with Crippen LogP contribution in [0.1, 0.15) is 62.3 Å². The van der Waals surface area contributed by atoms with Crippen molar-refractivity contribution in [1.29, 1.82) is 5.26 Å². The van der Waals surface area contributed by atoms with Crippen molar-refractivity contribution in [2.75, 3.05) is 135 Å². The summed E-state index contributed by atoms with van der Waals surface area (Å²) < 4.78 is 131. The number of methoxy groups -OCH3 is 8. The highest BCUT2D eigenvalue weighted by atomic mass is 32.1. The van der Waals surface area contributed by atoms with E-state index < -0.39 is 229 Å². The van der Waals surface area contributed by atoms with E-state index in [4.69, 9.17) is 153 Å². The number of nitrogens with one attached hydrogen (secondary N) is 8. The molecule has 58 nitrogen and oxygen atoms in total. The normalized spacial score (nSPS) is 42.8. The maximum absolute atomic E-state index is 11.7. The molecule has 16 bridgehead atoms. The Morgan fingerprint density at radius 2 is 0.718 bits per heavy atom. The number of aliphatic hydroxyl groups excluding tert-OH is 8. The maximum atomic E-state index is 11.7. The number of carbonyl (C=O) groups excluding carboxylic acids is 11. The van der Waals surface area contributed by atoms with Gasteiger partial charge in [-0.05, 0) is 12.5 Å². The van der Waals surface area contributed by atoms with Gasteiger partial charge in [-0.2, -0.15) is 27.5 Å². The minimum atomic E-state index is -1.38. The summed E-state index contributed by atoms with van der Waals surface area (Å²) >= 11 is 4.09. The van der Waals surface area contributed by atoms with E-state index in [9.17, 15) is 89.3 Å². The summed E-state index contributed by atoms with van der Waals surface area (Å²) in [6.45, 7) is 20.9. The van der Waals surface area contributed by atoms with Crippen LogP contribution in [0.15, 0.2) is 5.11 Å². The molecule has 0 radical (unpaired) electrons. The van der Waals surface area contributed by atoms with Gasteiger partial charge in [-0.3, -0.25) is 43.2 Å². The second-order valence-electron chi connectivity index (χ2n) is 35.4. The Morgan fingerprint density at radius 1 is 0.423 bits per heavy atom. The number of nitrogens with two attached hydrogens (primary N) is 2. The number of amides is 9. The van der Waals surface area contributed by atoms with Gasteiger partial charge in [-0.25, -0.2) is 6.57 Å². The Hall–Kier alpha value is -8.51. The summed E-state index contributed by atoms with van der Waals surface area (Å²) in [7, 11) is 12.1. The van der Waals surface area contributed by atoms with E-state index >= 15 is 0 Å². The molecule has 16 saturated heterocycles. The maximum Gasteiger partial charge on any atom is 0.373 e. The van der Waals surface area contributed by atoms with E-state index in [0.717, 1.165) is 0 Å². The molecule has 40 atom stereocenters. The van der Waals surface area contributed by atoms with Crippen LogP contribution in [0.3, 0.4) is 0 Å². The lowest BCUT2D eigenvalue weighted by Gasteiger charge is -2.44. The summed E-state index contributed by atoms with van der Waals surface area (Å²) in [5, 5.41) is 113. The fourth-order valence-electron chi connectivity index (χ4n) is 19.1. The number of aliphatic hydroxyl groups is 8. The van der Waals surface area contributed by atoms with Gasteiger partial charge in [0.15, 0.2) is 61.5 Å². The van der Waals surface area contributed by atoms with Crippen molar-refractivity contribution in [1.82, 2.24) is 42.5 Å². The Bertz CT molecular complexity index is 4490. The van der Waals surface area contributed by atoms with E-state index in [2.05, 4.69) is 82.0 Å². The molecule has 59 heteroatoms. The van der Waals surface area contributed by atoms with Gasteiger partial charge < -0.3 is 213 Å². The number of fused-ring (bicyclic) bond motifs is 16. The number of ether oxygens (including phenoxy) is 24. The number of azide groups is 1. The third kappa shape index (κ3) is 25.1. The molecule has 16 heterocycles. The predicted molar refractivity (Wildman–Crippen MR) is 466 cm³/mol. The number of hydrogen-bond donors (Lipinski definition) is 19. The van der Waals surface area contributed by atoms with Crippen LogP contribution in [-0.4, -0.2) is 476 Å². The van der Waals surface area contributed by atoms with Crippen LogP contribution >= 0.6 is 12.6 Å². The molecular weight excluding hydrogens is 1930 g/mol. The number of nitrogens with zero attached hydrogens (tertiary/aromatic N) is 5. The quantitative estimate of drug-likeness (QED) is 0.0120. The second kappa shape index (κ2) is 50.7. The van der Waals surface area contributed by atoms with E-state index in [1.807, 2.05) is 6.92 Å². The van der Waals surface area contributed by atoms with Gasteiger partial charge >= 0.3 is 6.15 Å². The first kappa shape index (κ1) is 119. The van der Waals surface area contributed by atoms with Crippen molar-refractivity contribution in [2.24, 2.45) is 16.6 Å². The van der Waals surface area contributed by atoms with Crippen molar-refractivity contribution in [3.8, 4) is 18.4 Å². The molecule has 16 aliphatic heterocycles. The lowest BCUT2D eigenvalue weighted by Crippen LogP contribution is -2.69. The minimum absolute atomic E-state index is 0.00246. The topological polar surface area (TPSA) is 796 Å². The lowest BCUT2D eigenvalue weighted by atomic mass is 9.87. The van der Waals surface area contributed by atoms with Crippen molar-refractivity contribution >= 4 is 71.9 Å². The highest BCUT2D eigenvalue weighted by molar-refractivity contribution is 7.80. The molecule has 800 valence electrons. The summed E-state index contributed by atoms with van der Waals surface area (Å²) in [5.74, 6) is -0.303. The summed E-state index contributed by atoms with van der Waals surface area (Å²) in [5.41, 5.74) is 10.7. The predicted octanol–water partition coefficient (Wildman–Crippen LogP) is -11.9. The smallest absolute Gasteiger partial charge is 0.373 e. The molecule has 0 spiro atoms. The van der Waals surface area contributed by atoms with E-state index in [0.29, 0.717) is 6.61 Å². The zero-order valence-corrected chi connectivity index (χ0v) is 81.6. The van der Waals surface area contributed by atoms with Gasteiger partial charge in [0.1, 0.15) is 174 Å². The first-order valence-electron chi connectivity index (χ1n) is 44.1. The molecule has 0 aromatic carbocycles. The third-order valence-electron chi connectivity index (χ3n) is 25.8. The van der Waals surface area contributed by atoms with Crippen LogP contribution in [0.2, 0.25) is 0 Å². The van der Waals surface area contributed by atoms with Gasteiger partial charge in [0.05, 0.1) is 59.4 Å². The molecule has 9 amide bonds. The largest absolute Gasteiger partial charge is 0.388 e. The van der Waals surface area contributed by atoms with Crippen molar-refractivity contribution in [3.05, 3.63) is 21.9 Å². The molecule has 0 aliphatic carbocycles. The summed E-state index contributed by atoms with van der Waals surface area (Å²) in [4.78, 5) is 123. The van der Waals surface area contributed by atoms with Crippen LogP contribution in [0, 0.1) is 30.2 Å². The van der Waals surface area contributed by atoms with Crippen LogP contribution < -0.4 is 54.0 Å². The molecule has 16 aliphatic rings. The molecule has 142 heavy (non-hydrogen) atoms. The molecule has 0 aromatic rings. The Labute approximate surface area is 819 Å². The Morgan fingerprint density at radius 3 is 1.11 bits per heavy atom. The van der Waals surface area contributed by atoms with Crippen LogP contribution in [0.5, 0.6) is 0 Å². The lowest BCUT2D eigenvalue weighted by molar-refractivity contribution is -0.232. The van der Waals surface area contributed by atoms with E-state index in [1.165, 1.54) is 90.9 Å². The second-order valence-corrected chi connectivity index (χ2v) is 35.7. The standard InChI is InChI=1S/C12H18N2O5.C11H18N2O6.C11H16N2O5.C11H19NO5.C10H13NO5.C9H14N4O5.C9H16N2O5.C9H15NO5S.CO2/c1-7(15)14-8-9(16-3)10(17-4)12(5-13-2)6-18-11(8)19-12;1-5(14)13-6-7(16-2)8(17-3)11(10(12)15)4-18-9(6)19-11;1-6(14)13-7-8(15-2)9(16-3)11(4-12)5-17-10(7)18-11;1-6(13)12-7-8(14-3)9(15-4)11(2)5-16-10(7)17-11;1-3-10-4-15-9(16-10)6(11-5(2)12)7(13)8(10)14;1-4(14)12-5-6(15)7(16)9(2-11-13-10)3-17-8(5)18-9;1-4(12)11-5-6(13)7(14)9(2-10)3-15-8(5)16-9;1-4(11)10-5-6(12)7(13)9(3-16)2-14-8(5)15-9;2-1-3/h8-11H,5-6H2,1,3-4H3,(H,14,15);6-9H,4H2,1-3H3,(H2,12,15)(H,13,14);7-10H,5H2,1-3H3,(H,13,14);7-10H,5H2,1-4H3,(H,12,13);1,6-9,13-14H,4H2,2H3,(H,11,12);5-8,15-16H,2-3H2,1H3,(H,12,14);5-8,13-14H,2-3,10H2,1H3,(H,11,12);5-8,12-13,16H,2-3H2,1H3,(H,10,11);/t8-,9-,10-,11+,12+;6-,7-,8-,9+,11+;2*7-,8-,9-,10+,11+;6-,7-,8-,9+,10+;2*5-,6-,7-,8+,9+;5-,6-,7-,8+,9-;/m11111111./s1. The van der Waals surface area contributed by atoms with Crippen molar-refractivity contribution in [2.45, 2.75) is 303 Å². The van der Waals surface area contributed by atoms with Crippen LogP contribution in [0.25, 0.3) is 15.3 Å². The number of thiol groups is 1. The molecule has 20 N–H and O–H groups in total. The number of terminal acetylenes is 1. The van der Waals surface area contributed by atoms with Gasteiger partial charge in [0.25, 0.3) is 5.91 Å². The van der Waals surface area contributed by atoms with Gasteiger partial charge in [-0.1, -0.05) is 11.0 Å². The number of nitriles is 1. The monoisotopic (exact) mass is 2060 g/mol. The first-order valence-corrected chi connectivity index (χ1v) is 44.7. The summed E-state index contributed by atoms with van der Waals surface area (Å²) in [6, 6.07) is -2.95. The molecular formula is C83H129N15O43S. The van der Waals surface area contributed by atoms with E-state index in [-0.39, 0.29) is 143 Å². The third-order valence-corrected chi connectivity index (χ3v) is 26.3. The fraction of sp³-hybridized carbons (Fsp3) is 0.831. The average Bonchev–Trinajstić information content (AvgIpc) is 1.59. The average molecular weight is 2060 g/mol. The first-order chi connectivity index (χ1) is 67.0. The van der Waals surface area contributed by atoms with Crippen LogP contribution in [-0.2, 0) is 166 Å². The van der Waals surface area contributed by atoms with Crippen molar-refractivity contribution in [3.63, 3.8) is 0 Å². The zero-order valence-electron chi connectivity index (χ0n) is 80.7. The highest BCUT2D eigenvalue weighted by Crippen LogP contribution is 2.47. The highest BCUT2D eigenvalue weighted by Gasteiger charge is 2.69. The zero-order chi connectivity index (χ0) is 106. The number of hydrogen-bond acceptors (Lipinski definition) is 47. The molecule has 0 saturated carbocycles. The number of carbonyl (C=O) groups is 9. The Balaban J connectivity index is 0.000000198. The minimum Gasteiger partial charge on any atom is -0.388 e. The fourth-order valence-corrected chi connectivity index (χ4v) is 19.4. The molecule has 16 fully saturated rings. The van der Waals surface area contributed by atoms with Gasteiger partial charge in [0, 0.05) is 129 Å². The van der Waals surface area contributed by atoms with Crippen LogP contribution in [0.4, 0.5) is 0 Å².